The first-order valence-electron chi connectivity index (χ1n) is 8.64. The minimum absolute atomic E-state index is 0.409. The van der Waals surface area contributed by atoms with Crippen LogP contribution in [-0.4, -0.2) is 32.3 Å². The summed E-state index contributed by atoms with van der Waals surface area (Å²) in [5, 5.41) is 9.99. The van der Waals surface area contributed by atoms with Gasteiger partial charge in [-0.15, -0.1) is 0 Å². The number of hydrogen-bond acceptors (Lipinski definition) is 4. The number of amidine groups is 1. The predicted molar refractivity (Wildman–Crippen MR) is 102 cm³/mol. The molecule has 5 nitrogen and oxygen atoms in total. The van der Waals surface area contributed by atoms with Gasteiger partial charge in [-0.25, -0.2) is 9.79 Å². The maximum atomic E-state index is 12.2. The number of allylic oxidation sites excluding steroid dienone is 1. The van der Waals surface area contributed by atoms with E-state index in [9.17, 15) is 9.90 Å². The van der Waals surface area contributed by atoms with Crippen molar-refractivity contribution in [2.75, 3.05) is 0 Å². The molecule has 0 amide bonds. The van der Waals surface area contributed by atoms with Crippen LogP contribution in [0.15, 0.2) is 71.5 Å². The second-order valence-corrected chi connectivity index (χ2v) is 6.66. The summed E-state index contributed by atoms with van der Waals surface area (Å²) in [5.41, 5.74) is 1.70. The van der Waals surface area contributed by atoms with E-state index in [1.54, 1.807) is 19.3 Å². The molecule has 26 heavy (non-hydrogen) atoms. The Morgan fingerprint density at radius 1 is 1.23 bits per heavy atom. The third-order valence-corrected chi connectivity index (χ3v) is 4.89. The van der Waals surface area contributed by atoms with Gasteiger partial charge < -0.3 is 10.0 Å². The molecule has 0 radical (unpaired) electrons. The number of rotatable bonds is 5. The number of aliphatic imine (C=N–C) groups is 1. The maximum absolute atomic E-state index is 12.2. The fourth-order valence-corrected chi connectivity index (χ4v) is 3.38. The number of nitrogens with zero attached hydrogens (tertiary/aromatic N) is 3. The van der Waals surface area contributed by atoms with E-state index in [4.69, 9.17) is 0 Å². The van der Waals surface area contributed by atoms with Gasteiger partial charge in [0, 0.05) is 18.9 Å². The van der Waals surface area contributed by atoms with Gasteiger partial charge in [-0.3, -0.25) is 4.98 Å². The zero-order valence-electron chi connectivity index (χ0n) is 15.3. The lowest BCUT2D eigenvalue weighted by Crippen LogP contribution is -2.43. The third-order valence-electron chi connectivity index (χ3n) is 4.89. The number of aliphatic carboxylic acids is 1. The quantitative estimate of drug-likeness (QED) is 0.890. The van der Waals surface area contributed by atoms with E-state index in [2.05, 4.69) is 14.9 Å². The topological polar surface area (TPSA) is 65.8 Å². The number of carbonyl (C=O) groups is 1. The lowest BCUT2D eigenvalue weighted by Gasteiger charge is -2.34. The number of benzene rings is 1. The van der Waals surface area contributed by atoms with Crippen molar-refractivity contribution in [1.29, 1.82) is 0 Å². The Labute approximate surface area is 153 Å². The van der Waals surface area contributed by atoms with Gasteiger partial charge >= 0.3 is 5.97 Å². The molecule has 0 spiro atoms. The summed E-state index contributed by atoms with van der Waals surface area (Å²) in [7, 11) is 0. The summed E-state index contributed by atoms with van der Waals surface area (Å²) in [6, 6.07) is 13.4. The Kier molecular flexibility index (Phi) is 4.89. The number of hydrogen-bond donors (Lipinski definition) is 1. The molecule has 2 atom stereocenters. The van der Waals surface area contributed by atoms with Crippen molar-refractivity contribution >= 4 is 11.8 Å². The molecule has 1 aliphatic rings. The van der Waals surface area contributed by atoms with Crippen molar-refractivity contribution in [2.24, 2.45) is 4.99 Å². The lowest BCUT2D eigenvalue weighted by atomic mass is 9.87. The van der Waals surface area contributed by atoms with Gasteiger partial charge in [0.05, 0.1) is 6.04 Å². The molecule has 2 aromatic rings. The standard InChI is InChI=1S/C21H23N3O2/c1-4-15(2)19-23-21(3,20(25)26)18(17-10-12-22-13-11-17)24(19)14-16-8-6-5-7-9-16/h4-13,18H,14H2,1-3H3,(H,25,26)/b15-4+/t18-,21-/m0/s1. The second-order valence-electron chi connectivity index (χ2n) is 6.66. The highest BCUT2D eigenvalue weighted by Crippen LogP contribution is 2.42. The van der Waals surface area contributed by atoms with Crippen LogP contribution in [-0.2, 0) is 11.3 Å². The van der Waals surface area contributed by atoms with E-state index in [0.29, 0.717) is 6.54 Å². The van der Waals surface area contributed by atoms with E-state index in [1.165, 1.54) is 0 Å². The van der Waals surface area contributed by atoms with Crippen LogP contribution >= 0.6 is 0 Å². The molecule has 0 fully saturated rings. The molecule has 0 unspecified atom stereocenters. The van der Waals surface area contributed by atoms with E-state index >= 15 is 0 Å². The van der Waals surface area contributed by atoms with Crippen LogP contribution < -0.4 is 0 Å². The van der Waals surface area contributed by atoms with E-state index in [1.807, 2.05) is 62.4 Å². The van der Waals surface area contributed by atoms with Crippen molar-refractivity contribution in [3.05, 3.63) is 77.6 Å². The highest BCUT2D eigenvalue weighted by atomic mass is 16.4. The van der Waals surface area contributed by atoms with Crippen LogP contribution in [0.4, 0.5) is 0 Å². The Morgan fingerprint density at radius 2 is 1.88 bits per heavy atom. The molecule has 134 valence electrons. The van der Waals surface area contributed by atoms with Gasteiger partial charge in [-0.05, 0) is 49.6 Å². The van der Waals surface area contributed by atoms with Crippen molar-refractivity contribution in [3.63, 3.8) is 0 Å². The second kappa shape index (κ2) is 7.12. The van der Waals surface area contributed by atoms with Crippen LogP contribution in [0.1, 0.15) is 37.9 Å². The van der Waals surface area contributed by atoms with Crippen LogP contribution in [0.2, 0.25) is 0 Å². The zero-order chi connectivity index (χ0) is 18.7. The smallest absolute Gasteiger partial charge is 0.333 e. The average molecular weight is 349 g/mol. The van der Waals surface area contributed by atoms with Crippen LogP contribution in [0.25, 0.3) is 0 Å². The summed E-state index contributed by atoms with van der Waals surface area (Å²) in [5.74, 6) is -0.209. The molecule has 1 N–H and O–H groups in total. The molecule has 5 heteroatoms. The predicted octanol–water partition coefficient (Wildman–Crippen LogP) is 3.85. The molecule has 3 rings (SSSR count). The molecular weight excluding hydrogens is 326 g/mol. The number of aromatic nitrogens is 1. The monoisotopic (exact) mass is 349 g/mol. The molecule has 1 aromatic heterocycles. The van der Waals surface area contributed by atoms with Crippen LogP contribution in [0.3, 0.4) is 0 Å². The highest BCUT2D eigenvalue weighted by molar-refractivity contribution is 6.03. The summed E-state index contributed by atoms with van der Waals surface area (Å²) in [6.07, 6.45) is 5.35. The van der Waals surface area contributed by atoms with Gasteiger partial charge in [-0.1, -0.05) is 36.4 Å². The van der Waals surface area contributed by atoms with Gasteiger partial charge in [0.2, 0.25) is 0 Å². The normalized spacial score (nSPS) is 23.0. The van der Waals surface area contributed by atoms with Crippen molar-refractivity contribution in [2.45, 2.75) is 38.9 Å². The fourth-order valence-electron chi connectivity index (χ4n) is 3.38. The third kappa shape index (κ3) is 3.12. The zero-order valence-corrected chi connectivity index (χ0v) is 15.3. The summed E-state index contributed by atoms with van der Waals surface area (Å²) in [4.78, 5) is 23.0. The Bertz CT molecular complexity index is 846. The lowest BCUT2D eigenvalue weighted by molar-refractivity contribution is -0.144. The van der Waals surface area contributed by atoms with Gasteiger partial charge in [0.15, 0.2) is 5.54 Å². The molecule has 1 aromatic carbocycles. The van der Waals surface area contributed by atoms with Crippen molar-refractivity contribution in [3.8, 4) is 0 Å². The number of pyridine rings is 1. The summed E-state index contributed by atoms with van der Waals surface area (Å²) in [6.45, 7) is 6.18. The maximum Gasteiger partial charge on any atom is 0.333 e. The molecular formula is C21H23N3O2. The summed E-state index contributed by atoms with van der Waals surface area (Å²) < 4.78 is 0. The number of carboxylic acids is 1. The van der Waals surface area contributed by atoms with Crippen LogP contribution in [0, 0.1) is 0 Å². The van der Waals surface area contributed by atoms with Crippen molar-refractivity contribution in [1.82, 2.24) is 9.88 Å². The minimum atomic E-state index is -1.27. The molecule has 0 aliphatic carbocycles. The Hall–Kier alpha value is -2.95. The first-order valence-corrected chi connectivity index (χ1v) is 8.64. The largest absolute Gasteiger partial charge is 0.479 e. The van der Waals surface area contributed by atoms with Gasteiger partial charge in [0.25, 0.3) is 0 Å². The Morgan fingerprint density at radius 3 is 2.46 bits per heavy atom. The van der Waals surface area contributed by atoms with Gasteiger partial charge in [-0.2, -0.15) is 0 Å². The van der Waals surface area contributed by atoms with Crippen molar-refractivity contribution < 1.29 is 9.90 Å². The first-order chi connectivity index (χ1) is 12.5. The molecule has 1 aliphatic heterocycles. The van der Waals surface area contributed by atoms with Crippen LogP contribution in [0.5, 0.6) is 0 Å². The molecule has 2 heterocycles. The summed E-state index contributed by atoms with van der Waals surface area (Å²) >= 11 is 0. The Balaban J connectivity index is 2.13. The highest BCUT2D eigenvalue weighted by Gasteiger charge is 2.51. The van der Waals surface area contributed by atoms with E-state index in [0.717, 1.165) is 22.5 Å². The minimum Gasteiger partial charge on any atom is -0.479 e. The van der Waals surface area contributed by atoms with Gasteiger partial charge in [0.1, 0.15) is 5.84 Å². The SMILES string of the molecule is C/C=C(\C)C1=N[C@](C)(C(=O)O)[C@H](c2ccncc2)N1Cc1ccccc1. The first kappa shape index (κ1) is 17.9. The molecule has 0 bridgehead atoms. The van der Waals surface area contributed by atoms with E-state index < -0.39 is 17.6 Å². The molecule has 0 saturated carbocycles. The fraction of sp³-hybridized carbons (Fsp3) is 0.286. The average Bonchev–Trinajstić information content (AvgIpc) is 2.96. The van der Waals surface area contributed by atoms with E-state index in [-0.39, 0.29) is 0 Å². The molecule has 0 saturated heterocycles. The number of carboxylic acid groups (broad SMARTS) is 1.